The maximum atomic E-state index is 13.2. The van der Waals surface area contributed by atoms with Crippen LogP contribution in [-0.2, 0) is 20.2 Å². The fourth-order valence-corrected chi connectivity index (χ4v) is 6.48. The second-order valence-corrected chi connectivity index (χ2v) is 8.82. The molecular formula is C15H21BrN5O3P. The van der Waals surface area contributed by atoms with Crippen molar-refractivity contribution in [2.75, 3.05) is 12.3 Å². The third-order valence-corrected chi connectivity index (χ3v) is 8.03. The maximum absolute atomic E-state index is 13.2. The Kier molecular flexibility index (Phi) is 5.03. The van der Waals surface area contributed by atoms with E-state index in [9.17, 15) is 4.57 Å². The van der Waals surface area contributed by atoms with Crippen LogP contribution in [0.5, 0.6) is 0 Å². The van der Waals surface area contributed by atoms with Crippen molar-refractivity contribution in [3.05, 3.63) is 22.5 Å². The molecule has 0 saturated carbocycles. The van der Waals surface area contributed by atoms with E-state index in [1.54, 1.807) is 13.3 Å². The predicted octanol–water partition coefficient (Wildman–Crippen LogP) is 3.83. The highest BCUT2D eigenvalue weighted by atomic mass is 79.9. The zero-order chi connectivity index (χ0) is 18.2. The molecule has 2 aromatic heterocycles. The molecule has 0 radical (unpaired) electrons. The first-order valence-corrected chi connectivity index (χ1v) is 10.4. The van der Waals surface area contributed by atoms with Crippen LogP contribution in [0.3, 0.4) is 0 Å². The molecular weight excluding hydrogens is 409 g/mol. The molecule has 0 spiro atoms. The number of anilines is 1. The van der Waals surface area contributed by atoms with Crippen LogP contribution < -0.4 is 5.73 Å². The molecule has 0 fully saturated rings. The molecule has 0 amide bonds. The van der Waals surface area contributed by atoms with Crippen molar-refractivity contribution in [3.63, 3.8) is 0 Å². The van der Waals surface area contributed by atoms with Gasteiger partial charge in [-0.3, -0.25) is 9.09 Å². The molecule has 25 heavy (non-hydrogen) atoms. The lowest BCUT2D eigenvalue weighted by Crippen LogP contribution is -2.30. The summed E-state index contributed by atoms with van der Waals surface area (Å²) in [5.74, 6) is 0.322. The molecule has 1 aliphatic heterocycles. The van der Waals surface area contributed by atoms with E-state index < -0.39 is 13.2 Å². The van der Waals surface area contributed by atoms with Crippen molar-refractivity contribution in [2.45, 2.75) is 45.8 Å². The van der Waals surface area contributed by atoms with Crippen molar-refractivity contribution in [2.24, 2.45) is 0 Å². The average Bonchev–Trinajstić information content (AvgIpc) is 3.03. The standard InChI is InChI=1S/C15H21BrN5O3P/c1-4-6-10-12(16)15(3,24-25(10,22)23-5-2)7-21-9-20-11-13(17)18-8-19-14(11)21/h8-9H,4-7H2,1-3H3,(H2,17,18,19). The van der Waals surface area contributed by atoms with Gasteiger partial charge in [0.15, 0.2) is 11.5 Å². The molecule has 0 saturated heterocycles. The summed E-state index contributed by atoms with van der Waals surface area (Å²) in [6.07, 6.45) is 4.52. The lowest BCUT2D eigenvalue weighted by Gasteiger charge is -2.26. The molecule has 2 unspecified atom stereocenters. The minimum absolute atomic E-state index is 0.318. The highest BCUT2D eigenvalue weighted by molar-refractivity contribution is 9.11. The van der Waals surface area contributed by atoms with Crippen LogP contribution in [0.4, 0.5) is 5.82 Å². The summed E-state index contributed by atoms with van der Waals surface area (Å²) in [4.78, 5) is 12.5. The number of aromatic nitrogens is 4. The van der Waals surface area contributed by atoms with Crippen LogP contribution in [-0.4, -0.2) is 31.7 Å². The molecule has 8 nitrogen and oxygen atoms in total. The lowest BCUT2D eigenvalue weighted by atomic mass is 10.1. The van der Waals surface area contributed by atoms with E-state index in [0.717, 1.165) is 10.9 Å². The lowest BCUT2D eigenvalue weighted by molar-refractivity contribution is 0.102. The number of rotatable bonds is 6. The topological polar surface area (TPSA) is 105 Å². The number of nitrogens with zero attached hydrogens (tertiary/aromatic N) is 4. The summed E-state index contributed by atoms with van der Waals surface area (Å²) in [7, 11) is -3.32. The van der Waals surface area contributed by atoms with Crippen molar-refractivity contribution in [1.82, 2.24) is 19.5 Å². The van der Waals surface area contributed by atoms with Gasteiger partial charge in [0.05, 0.1) is 24.8 Å². The Labute approximate surface area is 154 Å². The van der Waals surface area contributed by atoms with Gasteiger partial charge in [0.2, 0.25) is 0 Å². The van der Waals surface area contributed by atoms with Gasteiger partial charge in [-0.2, -0.15) is 0 Å². The van der Waals surface area contributed by atoms with Crippen molar-refractivity contribution in [3.8, 4) is 0 Å². The number of halogens is 1. The SMILES string of the molecule is CCCC1=C(Br)C(C)(Cn2cnc3c(N)ncnc32)OP1(=O)OCC. The minimum Gasteiger partial charge on any atom is -0.382 e. The Morgan fingerprint density at radius 1 is 1.40 bits per heavy atom. The third-order valence-electron chi connectivity index (χ3n) is 4.06. The first-order valence-electron chi connectivity index (χ1n) is 8.11. The van der Waals surface area contributed by atoms with E-state index in [-0.39, 0.29) is 0 Å². The molecule has 136 valence electrons. The van der Waals surface area contributed by atoms with Crippen LogP contribution >= 0.6 is 23.5 Å². The van der Waals surface area contributed by atoms with Gasteiger partial charge in [-0.1, -0.05) is 29.3 Å². The van der Waals surface area contributed by atoms with Crippen molar-refractivity contribution in [1.29, 1.82) is 0 Å². The van der Waals surface area contributed by atoms with Crippen molar-refractivity contribution >= 4 is 40.5 Å². The second kappa shape index (κ2) is 6.79. The predicted molar refractivity (Wildman–Crippen MR) is 99.3 cm³/mol. The quantitative estimate of drug-likeness (QED) is 0.695. The Balaban J connectivity index is 2.01. The summed E-state index contributed by atoms with van der Waals surface area (Å²) in [6.45, 7) is 6.40. The Bertz CT molecular complexity index is 883. The molecule has 0 bridgehead atoms. The minimum atomic E-state index is -3.32. The van der Waals surface area contributed by atoms with Gasteiger partial charge in [0.1, 0.15) is 17.4 Å². The monoisotopic (exact) mass is 429 g/mol. The molecule has 0 aromatic carbocycles. The molecule has 2 atom stereocenters. The van der Waals surface area contributed by atoms with E-state index in [1.807, 2.05) is 18.4 Å². The van der Waals surface area contributed by atoms with E-state index in [0.29, 0.717) is 41.9 Å². The Morgan fingerprint density at radius 3 is 2.84 bits per heavy atom. The molecule has 2 N–H and O–H groups in total. The largest absolute Gasteiger partial charge is 0.382 e. The fraction of sp³-hybridized carbons (Fsp3) is 0.533. The number of hydrogen-bond donors (Lipinski definition) is 1. The van der Waals surface area contributed by atoms with Gasteiger partial charge < -0.3 is 14.8 Å². The van der Waals surface area contributed by atoms with Crippen LogP contribution in [0.1, 0.15) is 33.6 Å². The highest BCUT2D eigenvalue weighted by Crippen LogP contribution is 2.69. The van der Waals surface area contributed by atoms with Gasteiger partial charge in [0, 0.05) is 4.48 Å². The molecule has 2 aromatic rings. The third kappa shape index (κ3) is 3.14. The normalized spacial score (nSPS) is 26.7. The van der Waals surface area contributed by atoms with E-state index in [4.69, 9.17) is 14.8 Å². The van der Waals surface area contributed by atoms with Crippen LogP contribution in [0.15, 0.2) is 22.5 Å². The summed E-state index contributed by atoms with van der Waals surface area (Å²) in [6, 6.07) is 0. The van der Waals surface area contributed by atoms with Gasteiger partial charge in [-0.15, -0.1) is 0 Å². The zero-order valence-electron chi connectivity index (χ0n) is 14.4. The zero-order valence-corrected chi connectivity index (χ0v) is 16.9. The number of hydrogen-bond acceptors (Lipinski definition) is 7. The molecule has 0 aliphatic carbocycles. The number of nitrogen functional groups attached to an aromatic ring is 1. The number of imidazole rings is 1. The first kappa shape index (κ1) is 18.5. The molecule has 10 heteroatoms. The fourth-order valence-electron chi connectivity index (χ4n) is 2.98. The first-order chi connectivity index (χ1) is 11.8. The number of allylic oxidation sites excluding steroid dienone is 1. The average molecular weight is 430 g/mol. The van der Waals surface area contributed by atoms with E-state index in [2.05, 4.69) is 30.9 Å². The Morgan fingerprint density at radius 2 is 2.16 bits per heavy atom. The molecule has 3 rings (SSSR count). The molecule has 3 heterocycles. The highest BCUT2D eigenvalue weighted by Gasteiger charge is 2.50. The van der Waals surface area contributed by atoms with Crippen LogP contribution in [0.2, 0.25) is 0 Å². The summed E-state index contributed by atoms with van der Waals surface area (Å²) in [5, 5.41) is 0.706. The van der Waals surface area contributed by atoms with Gasteiger partial charge in [-0.05, 0) is 20.3 Å². The summed E-state index contributed by atoms with van der Waals surface area (Å²) < 4.78 is 27.3. The van der Waals surface area contributed by atoms with E-state index >= 15 is 0 Å². The second-order valence-electron chi connectivity index (χ2n) is 6.05. The Hall–Kier alpha value is -1.28. The summed E-state index contributed by atoms with van der Waals surface area (Å²) >= 11 is 3.61. The van der Waals surface area contributed by atoms with Crippen molar-refractivity contribution < 1.29 is 13.6 Å². The van der Waals surface area contributed by atoms with Gasteiger partial charge in [0.25, 0.3) is 0 Å². The number of fused-ring (bicyclic) bond motifs is 1. The smallest absolute Gasteiger partial charge is 0.359 e. The van der Waals surface area contributed by atoms with Gasteiger partial charge >= 0.3 is 7.60 Å². The maximum Gasteiger partial charge on any atom is 0.359 e. The van der Waals surface area contributed by atoms with Gasteiger partial charge in [-0.25, -0.2) is 15.0 Å². The number of nitrogens with two attached hydrogens (primary N) is 1. The summed E-state index contributed by atoms with van der Waals surface area (Å²) in [5.41, 5.74) is 6.13. The molecule has 1 aliphatic rings. The van der Waals surface area contributed by atoms with Crippen LogP contribution in [0, 0.1) is 0 Å². The van der Waals surface area contributed by atoms with Crippen LogP contribution in [0.25, 0.3) is 11.2 Å². The van der Waals surface area contributed by atoms with E-state index in [1.165, 1.54) is 6.33 Å².